The lowest BCUT2D eigenvalue weighted by molar-refractivity contribution is -0.384. The lowest BCUT2D eigenvalue weighted by atomic mass is 9.69. The number of nitro groups is 1. The van der Waals surface area contributed by atoms with E-state index in [2.05, 4.69) is 41.3 Å². The number of anilines is 1. The van der Waals surface area contributed by atoms with E-state index in [4.69, 9.17) is 0 Å². The minimum Gasteiger partial charge on any atom is -0.261 e. The van der Waals surface area contributed by atoms with E-state index >= 15 is 0 Å². The highest BCUT2D eigenvalue weighted by atomic mass is 32.1. The fourth-order valence-electron chi connectivity index (χ4n) is 4.00. The Morgan fingerprint density at radius 1 is 1.33 bits per heavy atom. The molecule has 4 rings (SSSR count). The van der Waals surface area contributed by atoms with E-state index in [0.29, 0.717) is 17.2 Å². The van der Waals surface area contributed by atoms with E-state index in [-0.39, 0.29) is 5.69 Å². The summed E-state index contributed by atoms with van der Waals surface area (Å²) in [6.07, 6.45) is 7.73. The van der Waals surface area contributed by atoms with Crippen LogP contribution in [-0.2, 0) is 12.8 Å². The molecule has 1 aliphatic rings. The highest BCUT2D eigenvalue weighted by Gasteiger charge is 2.33. The average Bonchev–Trinajstić information content (AvgIpc) is 3.12. The lowest BCUT2D eigenvalue weighted by Crippen LogP contribution is -2.28. The topological polar surface area (TPSA) is 93.3 Å². The summed E-state index contributed by atoms with van der Waals surface area (Å²) in [6, 6.07) is 6.27. The minimum absolute atomic E-state index is 0.0621. The molecule has 8 heteroatoms. The number of fused-ring (bicyclic) bond motifs is 3. The van der Waals surface area contributed by atoms with Gasteiger partial charge in [-0.05, 0) is 53.9 Å². The van der Waals surface area contributed by atoms with Crippen molar-refractivity contribution in [3.8, 4) is 0 Å². The number of hydrogen-bond donors (Lipinski definition) is 1. The highest BCUT2D eigenvalue weighted by Crippen LogP contribution is 2.45. The molecule has 0 bridgehead atoms. The van der Waals surface area contributed by atoms with Gasteiger partial charge in [0.2, 0.25) is 0 Å². The quantitative estimate of drug-likeness (QED) is 0.317. The normalized spacial score (nSPS) is 16.7. The van der Waals surface area contributed by atoms with Crippen molar-refractivity contribution in [2.24, 2.45) is 16.4 Å². The molecule has 0 unspecified atom stereocenters. The van der Waals surface area contributed by atoms with Gasteiger partial charge in [-0.2, -0.15) is 5.10 Å². The number of nitrogens with zero attached hydrogens (tertiary/aromatic N) is 4. The van der Waals surface area contributed by atoms with Gasteiger partial charge in [0.05, 0.1) is 16.5 Å². The van der Waals surface area contributed by atoms with Crippen LogP contribution in [0.25, 0.3) is 10.2 Å². The smallest absolute Gasteiger partial charge is 0.261 e. The number of nitro benzene ring substituents is 1. The summed E-state index contributed by atoms with van der Waals surface area (Å²) in [5, 5.41) is 16.2. The third kappa shape index (κ3) is 3.92. The van der Waals surface area contributed by atoms with E-state index in [1.807, 2.05) is 0 Å². The van der Waals surface area contributed by atoms with Gasteiger partial charge in [0.25, 0.3) is 5.69 Å². The van der Waals surface area contributed by atoms with Crippen LogP contribution in [0, 0.1) is 21.4 Å². The Kier molecular flexibility index (Phi) is 5.51. The Morgan fingerprint density at radius 3 is 2.80 bits per heavy atom. The maximum absolute atomic E-state index is 10.8. The molecule has 0 saturated carbocycles. The third-order valence-corrected chi connectivity index (χ3v) is 7.55. The Morgan fingerprint density at radius 2 is 2.10 bits per heavy atom. The van der Waals surface area contributed by atoms with Crippen molar-refractivity contribution in [1.29, 1.82) is 0 Å². The van der Waals surface area contributed by atoms with Gasteiger partial charge >= 0.3 is 0 Å². The number of aryl methyl sites for hydroxylation is 1. The first-order valence-corrected chi connectivity index (χ1v) is 11.0. The van der Waals surface area contributed by atoms with Crippen molar-refractivity contribution in [1.82, 2.24) is 9.97 Å². The van der Waals surface area contributed by atoms with Crippen LogP contribution in [0.2, 0.25) is 0 Å². The van der Waals surface area contributed by atoms with Crippen LogP contribution >= 0.6 is 11.3 Å². The number of non-ortho nitro benzene ring substituents is 1. The van der Waals surface area contributed by atoms with Crippen molar-refractivity contribution < 1.29 is 4.92 Å². The Balaban J connectivity index is 1.59. The van der Waals surface area contributed by atoms with Crippen LogP contribution in [0.15, 0.2) is 35.7 Å². The molecule has 1 N–H and O–H groups in total. The van der Waals surface area contributed by atoms with Crippen molar-refractivity contribution in [2.75, 3.05) is 5.43 Å². The summed E-state index contributed by atoms with van der Waals surface area (Å²) in [4.78, 5) is 21.7. The standard InChI is InChI=1S/C22H25N5O2S/c1-4-22(2,3)15-7-10-18-17(11-15)19-20(23-13-24-21(19)30-18)26-25-12-14-5-8-16(9-6-14)27(28)29/h5-6,8-9,12-13,15H,4,7,10-11H2,1-3H3,(H,23,24,26)/b25-12+/t15-/m0/s1. The largest absolute Gasteiger partial charge is 0.269 e. The van der Waals surface area contributed by atoms with Gasteiger partial charge in [-0.3, -0.25) is 15.5 Å². The van der Waals surface area contributed by atoms with Gasteiger partial charge in [-0.1, -0.05) is 27.2 Å². The number of thiophene rings is 1. The molecular weight excluding hydrogens is 398 g/mol. The van der Waals surface area contributed by atoms with Crippen LogP contribution < -0.4 is 5.43 Å². The fourth-order valence-corrected chi connectivity index (χ4v) is 5.18. The third-order valence-electron chi connectivity index (χ3n) is 6.35. The molecular formula is C22H25N5O2S. The van der Waals surface area contributed by atoms with Crippen LogP contribution in [-0.4, -0.2) is 21.1 Å². The van der Waals surface area contributed by atoms with Crippen LogP contribution in [0.3, 0.4) is 0 Å². The second-order valence-corrected chi connectivity index (χ2v) is 9.49. The molecule has 3 aromatic rings. The molecule has 0 fully saturated rings. The van der Waals surface area contributed by atoms with Crippen LogP contribution in [0.1, 0.15) is 49.6 Å². The Labute approximate surface area is 179 Å². The molecule has 0 radical (unpaired) electrons. The first kappa shape index (κ1) is 20.4. The van der Waals surface area contributed by atoms with Crippen molar-refractivity contribution in [3.63, 3.8) is 0 Å². The van der Waals surface area contributed by atoms with Crippen molar-refractivity contribution in [2.45, 2.75) is 46.5 Å². The number of hydrogen-bond acceptors (Lipinski definition) is 7. The summed E-state index contributed by atoms with van der Waals surface area (Å²) in [6.45, 7) is 6.99. The minimum atomic E-state index is -0.413. The number of aromatic nitrogens is 2. The van der Waals surface area contributed by atoms with Crippen LogP contribution in [0.5, 0.6) is 0 Å². The van der Waals surface area contributed by atoms with Gasteiger partial charge in [-0.25, -0.2) is 9.97 Å². The summed E-state index contributed by atoms with van der Waals surface area (Å²) in [7, 11) is 0. The van der Waals surface area contributed by atoms with Crippen molar-refractivity contribution >= 4 is 39.3 Å². The van der Waals surface area contributed by atoms with Gasteiger partial charge in [0, 0.05) is 17.0 Å². The maximum atomic E-state index is 10.8. The number of rotatable bonds is 6. The predicted octanol–water partition coefficient (Wildman–Crippen LogP) is 5.59. The number of nitrogens with one attached hydrogen (secondary N) is 1. The van der Waals surface area contributed by atoms with E-state index in [1.165, 1.54) is 29.0 Å². The lowest BCUT2D eigenvalue weighted by Gasteiger charge is -2.36. The summed E-state index contributed by atoms with van der Waals surface area (Å²) >= 11 is 1.76. The van der Waals surface area contributed by atoms with E-state index < -0.39 is 4.92 Å². The Bertz CT molecular complexity index is 1100. The molecule has 7 nitrogen and oxygen atoms in total. The van der Waals surface area contributed by atoms with Gasteiger partial charge in [-0.15, -0.1) is 11.3 Å². The molecule has 2 aromatic heterocycles. The summed E-state index contributed by atoms with van der Waals surface area (Å²) < 4.78 is 0. The molecule has 0 spiro atoms. The number of hydrazone groups is 1. The van der Waals surface area contributed by atoms with E-state index in [9.17, 15) is 10.1 Å². The molecule has 1 aromatic carbocycles. The predicted molar refractivity (Wildman–Crippen MR) is 121 cm³/mol. The molecule has 1 atom stereocenters. The fraction of sp³-hybridized carbons (Fsp3) is 0.409. The van der Waals surface area contributed by atoms with Crippen molar-refractivity contribution in [3.05, 3.63) is 56.7 Å². The van der Waals surface area contributed by atoms with Gasteiger partial charge < -0.3 is 0 Å². The second-order valence-electron chi connectivity index (χ2n) is 8.41. The summed E-state index contributed by atoms with van der Waals surface area (Å²) in [5.41, 5.74) is 5.58. The zero-order valence-corrected chi connectivity index (χ0v) is 18.2. The average molecular weight is 424 g/mol. The zero-order valence-electron chi connectivity index (χ0n) is 17.4. The summed E-state index contributed by atoms with van der Waals surface area (Å²) in [5.74, 6) is 1.36. The Hall–Kier alpha value is -2.87. The zero-order chi connectivity index (χ0) is 21.3. The van der Waals surface area contributed by atoms with Gasteiger partial charge in [0.15, 0.2) is 5.82 Å². The van der Waals surface area contributed by atoms with Crippen LogP contribution in [0.4, 0.5) is 11.5 Å². The van der Waals surface area contributed by atoms with E-state index in [1.54, 1.807) is 36.0 Å². The second kappa shape index (κ2) is 8.10. The first-order valence-electron chi connectivity index (χ1n) is 10.2. The highest BCUT2D eigenvalue weighted by molar-refractivity contribution is 7.19. The molecule has 2 heterocycles. The molecule has 0 saturated heterocycles. The molecule has 1 aliphatic carbocycles. The van der Waals surface area contributed by atoms with Gasteiger partial charge in [0.1, 0.15) is 11.2 Å². The molecule has 30 heavy (non-hydrogen) atoms. The van der Waals surface area contributed by atoms with E-state index in [0.717, 1.165) is 35.0 Å². The maximum Gasteiger partial charge on any atom is 0.269 e. The molecule has 0 amide bonds. The first-order chi connectivity index (χ1) is 14.4. The molecule has 0 aliphatic heterocycles. The number of benzene rings is 1. The SMILES string of the molecule is CCC(C)(C)[C@H]1CCc2sc3ncnc(N/N=C/c4ccc([N+](=O)[O-])cc4)c3c2C1. The molecule has 156 valence electrons. The monoisotopic (exact) mass is 423 g/mol.